The van der Waals surface area contributed by atoms with Crippen molar-refractivity contribution in [2.45, 2.75) is 398 Å². The van der Waals surface area contributed by atoms with Gasteiger partial charge in [-0.1, -0.05) is 371 Å². The summed E-state index contributed by atoms with van der Waals surface area (Å²) in [5, 5.41) is 14.0. The fraction of sp³-hybridized carbons (Fsp3) is 0.883. The van der Waals surface area contributed by atoms with Gasteiger partial charge in [-0.05, 0) is 57.8 Å². The van der Waals surface area contributed by atoms with Crippen LogP contribution in [0.2, 0.25) is 0 Å². The highest BCUT2D eigenvalue weighted by Gasteiger charge is 2.28. The molecule has 3 unspecified atom stereocenters. The highest BCUT2D eigenvalue weighted by Crippen LogP contribution is 2.43. The van der Waals surface area contributed by atoms with Gasteiger partial charge >= 0.3 is 7.82 Å². The number of unbranched alkanes of at least 4 members (excludes halogenated alkanes) is 52. The van der Waals surface area contributed by atoms with Gasteiger partial charge in [-0.3, -0.25) is 13.8 Å². The van der Waals surface area contributed by atoms with Gasteiger partial charge in [-0.15, -0.1) is 0 Å². The molecule has 0 radical (unpaired) electrons. The molecule has 0 aromatic carbocycles. The first-order chi connectivity index (χ1) is 42.0. The molecule has 3 atom stereocenters. The molecule has 0 fully saturated rings. The third-order valence-corrected chi connectivity index (χ3v) is 18.5. The molecule has 0 bridgehead atoms. The van der Waals surface area contributed by atoms with Crippen LogP contribution in [0.3, 0.4) is 0 Å². The number of nitrogens with one attached hydrogen (secondary N) is 1. The van der Waals surface area contributed by atoms with Crippen LogP contribution in [0, 0.1) is 0 Å². The van der Waals surface area contributed by atoms with Gasteiger partial charge in [0.15, 0.2) is 0 Å². The van der Waals surface area contributed by atoms with Crippen molar-refractivity contribution in [3.8, 4) is 0 Å². The third kappa shape index (κ3) is 69.9. The van der Waals surface area contributed by atoms with E-state index in [2.05, 4.69) is 55.6 Å². The summed E-state index contributed by atoms with van der Waals surface area (Å²) in [5.74, 6) is -0.169. The molecule has 0 aliphatic heterocycles. The molecular weight excluding hydrogens is 1080 g/mol. The van der Waals surface area contributed by atoms with Crippen LogP contribution in [0.4, 0.5) is 0 Å². The maximum atomic E-state index is 13.1. The van der Waals surface area contributed by atoms with Crippen LogP contribution in [0.1, 0.15) is 386 Å². The third-order valence-electron chi connectivity index (χ3n) is 17.5. The molecule has 8 nitrogen and oxygen atoms in total. The molecule has 508 valence electrons. The normalized spacial score (nSPS) is 13.8. The van der Waals surface area contributed by atoms with Crippen LogP contribution in [-0.2, 0) is 18.4 Å². The summed E-state index contributed by atoms with van der Waals surface area (Å²) in [6, 6.07) is -0.846. The number of carbonyl (C=O) groups excluding carboxylic acids is 1. The van der Waals surface area contributed by atoms with Crippen LogP contribution in [0.25, 0.3) is 0 Å². The number of aliphatic hydroxyl groups is 1. The lowest BCUT2D eigenvalue weighted by Crippen LogP contribution is -2.45. The summed E-state index contributed by atoms with van der Waals surface area (Å²) in [4.78, 5) is 23.4. The van der Waals surface area contributed by atoms with E-state index in [0.717, 1.165) is 44.9 Å². The molecule has 9 heteroatoms. The van der Waals surface area contributed by atoms with Gasteiger partial charge < -0.3 is 19.8 Å². The molecule has 3 N–H and O–H groups in total. The summed E-state index contributed by atoms with van der Waals surface area (Å²) >= 11 is 0. The number of phosphoric acid groups is 1. The van der Waals surface area contributed by atoms with E-state index < -0.39 is 20.0 Å². The van der Waals surface area contributed by atoms with E-state index in [1.54, 1.807) is 6.08 Å². The van der Waals surface area contributed by atoms with Crippen LogP contribution < -0.4 is 5.32 Å². The molecular formula is C77H150N2O6P+. The zero-order chi connectivity index (χ0) is 62.6. The minimum absolute atomic E-state index is 0.0637. The molecule has 0 saturated heterocycles. The van der Waals surface area contributed by atoms with E-state index in [1.165, 1.54) is 321 Å². The number of nitrogens with zero attached hydrogens (tertiary/aromatic N) is 1. The van der Waals surface area contributed by atoms with E-state index in [0.29, 0.717) is 17.4 Å². The Labute approximate surface area is 537 Å². The molecule has 0 saturated carbocycles. The Bertz CT molecular complexity index is 1540. The molecule has 0 aliphatic carbocycles. The molecule has 0 aromatic heterocycles. The number of rotatable bonds is 71. The average Bonchev–Trinajstić information content (AvgIpc) is 3.70. The standard InChI is InChI=1S/C77H149N2O6P/c1-6-8-10-12-14-16-18-20-22-24-26-28-30-31-32-33-34-35-36-37-38-39-40-41-42-43-44-45-46-47-49-51-53-55-57-59-61-63-65-67-69-71-77(81)78-75(74-85-86(82,83)84-73-72-79(3,4)5)76(80)70-68-66-64-62-60-58-56-54-52-50-48-29-27-25-23-21-19-17-15-13-11-9-7-2/h18,20,24,26,30-31,68,70,75-76,80H,6-17,19,21-23,25,27-29,32-67,69,71-74H2,1-5H3,(H-,78,81,82,83)/p+1/b20-18-,26-24-,31-30-,70-68+. The predicted molar refractivity (Wildman–Crippen MR) is 378 cm³/mol. The monoisotopic (exact) mass is 1230 g/mol. The van der Waals surface area contributed by atoms with Crippen molar-refractivity contribution in [3.05, 3.63) is 48.6 Å². The number of hydrogen-bond acceptors (Lipinski definition) is 5. The minimum atomic E-state index is -4.35. The smallest absolute Gasteiger partial charge is 0.387 e. The Morgan fingerprint density at radius 1 is 0.395 bits per heavy atom. The lowest BCUT2D eigenvalue weighted by molar-refractivity contribution is -0.870. The van der Waals surface area contributed by atoms with E-state index in [-0.39, 0.29) is 19.1 Å². The van der Waals surface area contributed by atoms with Crippen LogP contribution in [0.5, 0.6) is 0 Å². The molecule has 0 aromatic rings. The summed E-state index contributed by atoms with van der Waals surface area (Å²) in [6.07, 6.45) is 92.9. The number of carbonyl (C=O) groups is 1. The summed E-state index contributed by atoms with van der Waals surface area (Å²) in [5.41, 5.74) is 0. The zero-order valence-electron chi connectivity index (χ0n) is 58.3. The summed E-state index contributed by atoms with van der Waals surface area (Å²) in [7, 11) is 1.59. The van der Waals surface area contributed by atoms with Gasteiger partial charge in [0.1, 0.15) is 13.2 Å². The number of hydrogen-bond donors (Lipinski definition) is 3. The molecule has 0 rings (SSSR count). The number of phosphoric ester groups is 1. The molecule has 0 heterocycles. The van der Waals surface area contributed by atoms with E-state index in [4.69, 9.17) is 9.05 Å². The first-order valence-electron chi connectivity index (χ1n) is 38.0. The maximum Gasteiger partial charge on any atom is 0.472 e. The fourth-order valence-corrected chi connectivity index (χ4v) is 12.4. The van der Waals surface area contributed by atoms with Crippen molar-refractivity contribution in [1.29, 1.82) is 0 Å². The predicted octanol–water partition coefficient (Wildman–Crippen LogP) is 24.6. The largest absolute Gasteiger partial charge is 0.472 e. The summed E-state index contributed by atoms with van der Waals surface area (Å²) < 4.78 is 23.8. The Morgan fingerprint density at radius 2 is 0.663 bits per heavy atom. The maximum absolute atomic E-state index is 13.1. The van der Waals surface area contributed by atoms with Crippen molar-refractivity contribution in [2.24, 2.45) is 0 Å². The zero-order valence-corrected chi connectivity index (χ0v) is 59.2. The van der Waals surface area contributed by atoms with E-state index in [1.807, 2.05) is 27.2 Å². The van der Waals surface area contributed by atoms with Gasteiger partial charge in [-0.25, -0.2) is 4.57 Å². The summed E-state index contributed by atoms with van der Waals surface area (Å²) in [6.45, 7) is 4.86. The molecule has 86 heavy (non-hydrogen) atoms. The van der Waals surface area contributed by atoms with Crippen LogP contribution in [0.15, 0.2) is 48.6 Å². The van der Waals surface area contributed by atoms with Crippen molar-refractivity contribution < 1.29 is 32.9 Å². The Balaban J connectivity index is 3.91. The second kappa shape index (κ2) is 67.8. The number of amides is 1. The molecule has 1 amide bonds. The lowest BCUT2D eigenvalue weighted by atomic mass is 10.0. The number of quaternary nitrogens is 1. The molecule has 0 aliphatic rings. The van der Waals surface area contributed by atoms with Gasteiger partial charge in [-0.2, -0.15) is 0 Å². The highest BCUT2D eigenvalue weighted by molar-refractivity contribution is 7.47. The molecule has 0 spiro atoms. The lowest BCUT2D eigenvalue weighted by Gasteiger charge is -2.25. The van der Waals surface area contributed by atoms with Crippen molar-refractivity contribution in [1.82, 2.24) is 5.32 Å². The van der Waals surface area contributed by atoms with Gasteiger partial charge in [0, 0.05) is 6.42 Å². The fourth-order valence-electron chi connectivity index (χ4n) is 11.6. The SMILES string of the molecule is CCCCCCC/C=C\C/C=C\C/C=C\CCCCCCCCCCCCCCCCCCCCCCCCCCCCC(=O)NC(COP(=O)(O)OCC[N+](C)(C)C)C(O)/C=C/CCCCCCCCCCCCCCCCCCCCCCC. The second-order valence-corrected chi connectivity index (χ2v) is 28.8. The van der Waals surface area contributed by atoms with Gasteiger partial charge in [0.25, 0.3) is 0 Å². The van der Waals surface area contributed by atoms with Gasteiger partial charge in [0.2, 0.25) is 5.91 Å². The number of allylic oxidation sites excluding steroid dienone is 7. The van der Waals surface area contributed by atoms with Crippen molar-refractivity contribution in [3.63, 3.8) is 0 Å². The van der Waals surface area contributed by atoms with E-state index in [9.17, 15) is 19.4 Å². The minimum Gasteiger partial charge on any atom is -0.387 e. The van der Waals surface area contributed by atoms with Crippen molar-refractivity contribution in [2.75, 3.05) is 40.9 Å². The second-order valence-electron chi connectivity index (χ2n) is 27.4. The average molecular weight is 1230 g/mol. The highest BCUT2D eigenvalue weighted by atomic mass is 31.2. The quantitative estimate of drug-likeness (QED) is 0.0243. The van der Waals surface area contributed by atoms with Gasteiger partial charge in [0.05, 0.1) is 39.9 Å². The topological polar surface area (TPSA) is 105 Å². The number of aliphatic hydroxyl groups excluding tert-OH is 1. The Kier molecular flexibility index (Phi) is 66.6. The first-order valence-corrected chi connectivity index (χ1v) is 39.5. The Hall–Kier alpha value is -1.54. The Morgan fingerprint density at radius 3 is 0.965 bits per heavy atom. The van der Waals surface area contributed by atoms with Crippen molar-refractivity contribution >= 4 is 13.7 Å². The van der Waals surface area contributed by atoms with Crippen LogP contribution >= 0.6 is 7.82 Å². The van der Waals surface area contributed by atoms with Crippen LogP contribution in [-0.4, -0.2) is 73.4 Å². The van der Waals surface area contributed by atoms with E-state index >= 15 is 0 Å². The number of likely N-dealkylation sites (N-methyl/N-ethyl adjacent to an activating group) is 1. The first kappa shape index (κ1) is 84.5.